The van der Waals surface area contributed by atoms with Gasteiger partial charge in [0.15, 0.2) is 0 Å². The zero-order chi connectivity index (χ0) is 19.8. The molecule has 0 saturated heterocycles. The molecule has 27 heavy (non-hydrogen) atoms. The van der Waals surface area contributed by atoms with Crippen molar-refractivity contribution >= 4 is 23.5 Å². The smallest absolute Gasteiger partial charge is 0.323 e. The Morgan fingerprint density at radius 3 is 2.48 bits per heavy atom. The average Bonchev–Trinajstić information content (AvgIpc) is 2.71. The third-order valence-corrected chi connectivity index (χ3v) is 4.49. The van der Waals surface area contributed by atoms with Gasteiger partial charge in [-0.1, -0.05) is 0 Å². The molecule has 148 valence electrons. The van der Waals surface area contributed by atoms with Crippen LogP contribution in [0.2, 0.25) is 0 Å². The maximum atomic E-state index is 11.6. The number of aromatic nitrogens is 1. The Morgan fingerprint density at radius 2 is 1.89 bits per heavy atom. The van der Waals surface area contributed by atoms with Crippen LogP contribution in [0, 0.1) is 11.8 Å². The number of carbonyl (C=O) groups is 3. The number of nitrogens with two attached hydrogens (primary N) is 1. The van der Waals surface area contributed by atoms with Crippen LogP contribution in [-0.4, -0.2) is 43.6 Å². The lowest BCUT2D eigenvalue weighted by atomic mass is 9.82. The van der Waals surface area contributed by atoms with Crippen molar-refractivity contribution < 1.29 is 28.6 Å². The van der Waals surface area contributed by atoms with Gasteiger partial charge in [-0.2, -0.15) is 0 Å². The van der Waals surface area contributed by atoms with E-state index in [1.165, 1.54) is 26.5 Å². The topological polar surface area (TPSA) is 142 Å². The SMILES string of the molecule is COC(=O)C1CCC(COc2cc(OC)c(NC(=O)C(=O)NN)cn2)CC1. The Balaban J connectivity index is 1.90. The molecule has 2 amide bonds. The van der Waals surface area contributed by atoms with Crippen LogP contribution in [-0.2, 0) is 19.1 Å². The standard InChI is InChI=1S/C17H24N4O6/c1-25-13-7-14(19-8-12(13)20-15(22)16(23)21-18)27-9-10-3-5-11(6-4-10)17(24)26-2/h7-8,10-11H,3-6,9,18H2,1-2H3,(H,20,22)(H,21,23). The summed E-state index contributed by atoms with van der Waals surface area (Å²) in [4.78, 5) is 38.4. The van der Waals surface area contributed by atoms with Gasteiger partial charge in [0.1, 0.15) is 11.4 Å². The third kappa shape index (κ3) is 5.55. The number of carbonyl (C=O) groups excluding carboxylic acids is 3. The van der Waals surface area contributed by atoms with Gasteiger partial charge >= 0.3 is 17.8 Å². The maximum Gasteiger partial charge on any atom is 0.323 e. The summed E-state index contributed by atoms with van der Waals surface area (Å²) in [7, 11) is 2.83. The largest absolute Gasteiger partial charge is 0.494 e. The number of methoxy groups -OCH3 is 2. The monoisotopic (exact) mass is 380 g/mol. The number of hydrogen-bond acceptors (Lipinski definition) is 8. The van der Waals surface area contributed by atoms with E-state index in [1.807, 2.05) is 0 Å². The molecule has 1 aromatic rings. The Morgan fingerprint density at radius 1 is 1.19 bits per heavy atom. The summed E-state index contributed by atoms with van der Waals surface area (Å²) in [5.41, 5.74) is 1.96. The van der Waals surface area contributed by atoms with E-state index >= 15 is 0 Å². The van der Waals surface area contributed by atoms with Crippen molar-refractivity contribution in [3.05, 3.63) is 12.3 Å². The van der Waals surface area contributed by atoms with Crippen molar-refractivity contribution in [2.45, 2.75) is 25.7 Å². The number of hydrazine groups is 1. The minimum atomic E-state index is -0.986. The van der Waals surface area contributed by atoms with Gasteiger partial charge in [0.2, 0.25) is 5.88 Å². The molecular weight excluding hydrogens is 356 g/mol. The van der Waals surface area contributed by atoms with Gasteiger partial charge in [0.05, 0.1) is 32.9 Å². The summed E-state index contributed by atoms with van der Waals surface area (Å²) < 4.78 is 15.7. The van der Waals surface area contributed by atoms with Crippen molar-refractivity contribution in [1.82, 2.24) is 10.4 Å². The van der Waals surface area contributed by atoms with Crippen LogP contribution in [0.3, 0.4) is 0 Å². The lowest BCUT2D eigenvalue weighted by Crippen LogP contribution is -2.39. The molecule has 0 aromatic carbocycles. The van der Waals surface area contributed by atoms with Gasteiger partial charge in [-0.3, -0.25) is 19.8 Å². The summed E-state index contributed by atoms with van der Waals surface area (Å²) in [5.74, 6) is 3.77. The average molecular weight is 380 g/mol. The van der Waals surface area contributed by atoms with E-state index in [4.69, 9.17) is 20.1 Å². The fraction of sp³-hybridized carbons (Fsp3) is 0.529. The lowest BCUT2D eigenvalue weighted by molar-refractivity contribution is -0.146. The molecule has 4 N–H and O–H groups in total. The molecule has 1 aliphatic carbocycles. The normalized spacial score (nSPS) is 18.9. The molecule has 0 unspecified atom stereocenters. The number of nitrogens with one attached hydrogen (secondary N) is 2. The van der Waals surface area contributed by atoms with Crippen molar-refractivity contribution in [3.63, 3.8) is 0 Å². The second-order valence-electron chi connectivity index (χ2n) is 6.20. The highest BCUT2D eigenvalue weighted by molar-refractivity contribution is 6.39. The molecule has 1 heterocycles. The Kier molecular flexibility index (Phi) is 7.35. The number of nitrogens with zero attached hydrogens (tertiary/aromatic N) is 1. The first-order valence-electron chi connectivity index (χ1n) is 8.55. The predicted molar refractivity (Wildman–Crippen MR) is 94.7 cm³/mol. The number of hydrogen-bond donors (Lipinski definition) is 3. The quantitative estimate of drug-likeness (QED) is 0.211. The van der Waals surface area contributed by atoms with Gasteiger partial charge < -0.3 is 19.5 Å². The van der Waals surface area contributed by atoms with Gasteiger partial charge in [-0.25, -0.2) is 10.8 Å². The fourth-order valence-corrected chi connectivity index (χ4v) is 2.94. The number of esters is 1. The molecule has 1 aliphatic rings. The summed E-state index contributed by atoms with van der Waals surface area (Å²) >= 11 is 0. The Labute approximate surface area is 156 Å². The van der Waals surface area contributed by atoms with Crippen LogP contribution in [0.15, 0.2) is 12.3 Å². The van der Waals surface area contributed by atoms with Gasteiger partial charge in [-0.05, 0) is 31.6 Å². The molecule has 1 saturated carbocycles. The molecule has 10 nitrogen and oxygen atoms in total. The molecule has 0 aliphatic heterocycles. The summed E-state index contributed by atoms with van der Waals surface area (Å²) in [6.07, 6.45) is 4.65. The van der Waals surface area contributed by atoms with Crippen LogP contribution in [0.4, 0.5) is 5.69 Å². The molecule has 0 atom stereocenters. The predicted octanol–water partition coefficient (Wildman–Crippen LogP) is 0.377. The van der Waals surface area contributed by atoms with E-state index in [0.29, 0.717) is 24.2 Å². The molecule has 1 fully saturated rings. The van der Waals surface area contributed by atoms with E-state index < -0.39 is 11.8 Å². The highest BCUT2D eigenvalue weighted by Crippen LogP contribution is 2.31. The number of amides is 2. The van der Waals surface area contributed by atoms with Crippen molar-refractivity contribution in [2.75, 3.05) is 26.1 Å². The molecule has 1 aromatic heterocycles. The van der Waals surface area contributed by atoms with Crippen molar-refractivity contribution in [1.29, 1.82) is 0 Å². The van der Waals surface area contributed by atoms with Gasteiger partial charge in [0, 0.05) is 6.07 Å². The zero-order valence-electron chi connectivity index (χ0n) is 15.3. The maximum absolute atomic E-state index is 11.6. The second kappa shape index (κ2) is 9.72. The van der Waals surface area contributed by atoms with Crippen LogP contribution >= 0.6 is 0 Å². The number of ether oxygens (including phenoxy) is 3. The highest BCUT2D eigenvalue weighted by Gasteiger charge is 2.27. The van der Waals surface area contributed by atoms with E-state index in [9.17, 15) is 14.4 Å². The minimum absolute atomic E-state index is 0.0296. The van der Waals surface area contributed by atoms with Crippen molar-refractivity contribution in [3.8, 4) is 11.6 Å². The lowest BCUT2D eigenvalue weighted by Gasteiger charge is -2.26. The van der Waals surface area contributed by atoms with Gasteiger partial charge in [0.25, 0.3) is 0 Å². The molecule has 0 bridgehead atoms. The van der Waals surface area contributed by atoms with Crippen LogP contribution in [0.1, 0.15) is 25.7 Å². The summed E-state index contributed by atoms with van der Waals surface area (Å²) in [6, 6.07) is 1.52. The minimum Gasteiger partial charge on any atom is -0.494 e. The first-order valence-corrected chi connectivity index (χ1v) is 8.55. The Bertz CT molecular complexity index is 688. The van der Waals surface area contributed by atoms with Crippen LogP contribution in [0.25, 0.3) is 0 Å². The molecule has 2 rings (SSSR count). The molecular formula is C17H24N4O6. The fourth-order valence-electron chi connectivity index (χ4n) is 2.94. The number of rotatable bonds is 6. The molecule has 0 radical (unpaired) electrons. The van der Waals surface area contributed by atoms with E-state index in [1.54, 1.807) is 5.43 Å². The Hall–Kier alpha value is -2.88. The highest BCUT2D eigenvalue weighted by atomic mass is 16.5. The summed E-state index contributed by atoms with van der Waals surface area (Å²) in [6.45, 7) is 0.464. The number of anilines is 1. The molecule has 10 heteroatoms. The van der Waals surface area contributed by atoms with Gasteiger partial charge in [-0.15, -0.1) is 0 Å². The third-order valence-electron chi connectivity index (χ3n) is 4.49. The zero-order valence-corrected chi connectivity index (χ0v) is 15.3. The van der Waals surface area contributed by atoms with Crippen LogP contribution in [0.5, 0.6) is 11.6 Å². The van der Waals surface area contributed by atoms with E-state index in [2.05, 4.69) is 10.3 Å². The van der Waals surface area contributed by atoms with Crippen molar-refractivity contribution in [2.24, 2.45) is 17.7 Å². The van der Waals surface area contributed by atoms with E-state index in [0.717, 1.165) is 25.7 Å². The first kappa shape index (κ1) is 20.4. The first-order chi connectivity index (χ1) is 13.0. The van der Waals surface area contributed by atoms with Crippen LogP contribution < -0.4 is 26.1 Å². The molecule has 0 spiro atoms. The summed E-state index contributed by atoms with van der Waals surface area (Å²) in [5, 5.41) is 2.35. The second-order valence-corrected chi connectivity index (χ2v) is 6.20. The van der Waals surface area contributed by atoms with E-state index in [-0.39, 0.29) is 17.6 Å². The number of pyridine rings is 1.